The summed E-state index contributed by atoms with van der Waals surface area (Å²) in [6.45, 7) is 2.07. The van der Waals surface area contributed by atoms with Crippen molar-refractivity contribution in [2.45, 2.75) is 4.90 Å². The number of benzene rings is 1. The lowest BCUT2D eigenvalue weighted by Crippen LogP contribution is -2.51. The monoisotopic (exact) mass is 420 g/mol. The summed E-state index contributed by atoms with van der Waals surface area (Å²) in [5, 5.41) is 0. The standard InChI is InChI=1S/C15H21BrN2O5S/c1-22-10-11-23-12-15(19)17-6-8-18(9-7-17)24(20,21)14-4-2-13(16)3-5-14/h2-5H,6-12H2,1H3. The van der Waals surface area contributed by atoms with E-state index in [2.05, 4.69) is 15.9 Å². The first-order valence-electron chi connectivity index (χ1n) is 7.55. The molecule has 0 saturated carbocycles. The predicted octanol–water partition coefficient (Wildman–Crippen LogP) is 0.945. The summed E-state index contributed by atoms with van der Waals surface area (Å²) >= 11 is 3.29. The first kappa shape index (κ1) is 19.3. The molecular formula is C15H21BrN2O5S. The minimum Gasteiger partial charge on any atom is -0.382 e. The van der Waals surface area contributed by atoms with Crippen LogP contribution in [0.2, 0.25) is 0 Å². The Morgan fingerprint density at radius 1 is 1.12 bits per heavy atom. The molecule has 2 rings (SSSR count). The molecule has 1 aliphatic heterocycles. The van der Waals surface area contributed by atoms with Crippen molar-refractivity contribution in [2.75, 3.05) is 53.1 Å². The Balaban J connectivity index is 1.87. The smallest absolute Gasteiger partial charge is 0.248 e. The topological polar surface area (TPSA) is 76.2 Å². The summed E-state index contributed by atoms with van der Waals surface area (Å²) in [5.41, 5.74) is 0. The lowest BCUT2D eigenvalue weighted by atomic mass is 10.3. The Morgan fingerprint density at radius 2 is 1.75 bits per heavy atom. The summed E-state index contributed by atoms with van der Waals surface area (Å²) < 4.78 is 37.5. The fraction of sp³-hybridized carbons (Fsp3) is 0.533. The summed E-state index contributed by atoms with van der Waals surface area (Å²) in [5.74, 6) is -0.133. The first-order chi connectivity index (χ1) is 11.4. The van der Waals surface area contributed by atoms with Crippen LogP contribution >= 0.6 is 15.9 Å². The van der Waals surface area contributed by atoms with Gasteiger partial charge in [-0.05, 0) is 24.3 Å². The zero-order valence-corrected chi connectivity index (χ0v) is 15.9. The van der Waals surface area contributed by atoms with E-state index in [0.29, 0.717) is 26.3 Å². The van der Waals surface area contributed by atoms with Crippen LogP contribution in [-0.2, 0) is 24.3 Å². The summed E-state index contributed by atoms with van der Waals surface area (Å²) in [7, 11) is -1.96. The van der Waals surface area contributed by atoms with Gasteiger partial charge in [-0.15, -0.1) is 0 Å². The Hall–Kier alpha value is -1.00. The third-order valence-corrected chi connectivity index (χ3v) is 6.14. The number of nitrogens with zero attached hydrogens (tertiary/aromatic N) is 2. The van der Waals surface area contributed by atoms with Gasteiger partial charge in [0.25, 0.3) is 0 Å². The number of methoxy groups -OCH3 is 1. The summed E-state index contributed by atoms with van der Waals surface area (Å²) in [6.07, 6.45) is 0. The van der Waals surface area contributed by atoms with Crippen LogP contribution in [0.25, 0.3) is 0 Å². The normalized spacial score (nSPS) is 16.3. The van der Waals surface area contributed by atoms with Crippen LogP contribution in [0, 0.1) is 0 Å². The van der Waals surface area contributed by atoms with E-state index in [0.717, 1.165) is 4.47 Å². The molecule has 1 heterocycles. The molecule has 134 valence electrons. The van der Waals surface area contributed by atoms with Crippen LogP contribution in [0.4, 0.5) is 0 Å². The number of carbonyl (C=O) groups is 1. The predicted molar refractivity (Wildman–Crippen MR) is 92.2 cm³/mol. The SMILES string of the molecule is COCCOCC(=O)N1CCN(S(=O)(=O)c2ccc(Br)cc2)CC1. The van der Waals surface area contributed by atoms with Crippen molar-refractivity contribution in [2.24, 2.45) is 0 Å². The van der Waals surface area contributed by atoms with Gasteiger partial charge < -0.3 is 14.4 Å². The third kappa shape index (κ3) is 5.00. The van der Waals surface area contributed by atoms with Gasteiger partial charge in [-0.25, -0.2) is 8.42 Å². The van der Waals surface area contributed by atoms with E-state index >= 15 is 0 Å². The number of carbonyl (C=O) groups excluding carboxylic acids is 1. The van der Waals surface area contributed by atoms with Gasteiger partial charge in [0, 0.05) is 37.8 Å². The quantitative estimate of drug-likeness (QED) is 0.613. The van der Waals surface area contributed by atoms with Crippen molar-refractivity contribution < 1.29 is 22.7 Å². The molecule has 0 aromatic heterocycles. The molecule has 0 bridgehead atoms. The molecule has 24 heavy (non-hydrogen) atoms. The molecule has 7 nitrogen and oxygen atoms in total. The largest absolute Gasteiger partial charge is 0.382 e. The number of ether oxygens (including phenoxy) is 2. The minimum absolute atomic E-state index is 0.0111. The van der Waals surface area contributed by atoms with E-state index in [4.69, 9.17) is 9.47 Å². The molecule has 9 heteroatoms. The van der Waals surface area contributed by atoms with Crippen molar-refractivity contribution in [3.8, 4) is 0 Å². The number of sulfonamides is 1. The van der Waals surface area contributed by atoms with E-state index in [1.54, 1.807) is 36.3 Å². The van der Waals surface area contributed by atoms with Gasteiger partial charge in [-0.1, -0.05) is 15.9 Å². The number of halogens is 1. The highest BCUT2D eigenvalue weighted by Gasteiger charge is 2.29. The van der Waals surface area contributed by atoms with Crippen LogP contribution in [0.5, 0.6) is 0 Å². The van der Waals surface area contributed by atoms with Crippen molar-refractivity contribution in [1.29, 1.82) is 0 Å². The number of hydrogen-bond donors (Lipinski definition) is 0. The molecule has 1 saturated heterocycles. The number of rotatable bonds is 7. The average Bonchev–Trinajstić information content (AvgIpc) is 2.59. The molecule has 0 aliphatic carbocycles. The second-order valence-corrected chi connectivity index (χ2v) is 8.14. The van der Waals surface area contributed by atoms with Gasteiger partial charge in [0.2, 0.25) is 15.9 Å². The maximum Gasteiger partial charge on any atom is 0.248 e. The maximum absolute atomic E-state index is 12.6. The fourth-order valence-corrected chi connectivity index (χ4v) is 4.01. The van der Waals surface area contributed by atoms with Crippen molar-refractivity contribution >= 4 is 31.9 Å². The van der Waals surface area contributed by atoms with E-state index in [1.165, 1.54) is 4.31 Å². The molecule has 0 atom stereocenters. The number of hydrogen-bond acceptors (Lipinski definition) is 5. The minimum atomic E-state index is -3.53. The van der Waals surface area contributed by atoms with Crippen LogP contribution in [0.1, 0.15) is 0 Å². The summed E-state index contributed by atoms with van der Waals surface area (Å²) in [4.78, 5) is 13.9. The van der Waals surface area contributed by atoms with Crippen LogP contribution in [0.15, 0.2) is 33.6 Å². The molecule has 0 N–H and O–H groups in total. The molecule has 1 aromatic carbocycles. The van der Waals surface area contributed by atoms with Crippen LogP contribution in [-0.4, -0.2) is 76.6 Å². The van der Waals surface area contributed by atoms with Gasteiger partial charge >= 0.3 is 0 Å². The van der Waals surface area contributed by atoms with E-state index in [-0.39, 0.29) is 30.5 Å². The van der Waals surface area contributed by atoms with Crippen LogP contribution < -0.4 is 0 Å². The van der Waals surface area contributed by atoms with E-state index < -0.39 is 10.0 Å². The lowest BCUT2D eigenvalue weighted by molar-refractivity contribution is -0.137. The number of amides is 1. The molecule has 1 aromatic rings. The summed E-state index contributed by atoms with van der Waals surface area (Å²) in [6, 6.07) is 6.54. The molecule has 0 radical (unpaired) electrons. The third-order valence-electron chi connectivity index (χ3n) is 3.70. The van der Waals surface area contributed by atoms with Crippen molar-refractivity contribution in [1.82, 2.24) is 9.21 Å². The van der Waals surface area contributed by atoms with Gasteiger partial charge in [0.1, 0.15) is 6.61 Å². The van der Waals surface area contributed by atoms with Crippen molar-refractivity contribution in [3.05, 3.63) is 28.7 Å². The molecule has 0 spiro atoms. The van der Waals surface area contributed by atoms with Crippen molar-refractivity contribution in [3.63, 3.8) is 0 Å². The second-order valence-electron chi connectivity index (χ2n) is 5.28. The lowest BCUT2D eigenvalue weighted by Gasteiger charge is -2.34. The van der Waals surface area contributed by atoms with Gasteiger partial charge in [-0.2, -0.15) is 4.31 Å². The Kier molecular flexibility index (Phi) is 7.17. The van der Waals surface area contributed by atoms with E-state index in [9.17, 15) is 13.2 Å². The molecule has 1 amide bonds. The Morgan fingerprint density at radius 3 is 2.33 bits per heavy atom. The Labute approximate surface area is 150 Å². The zero-order chi connectivity index (χ0) is 17.6. The Bertz CT molecular complexity index is 642. The van der Waals surface area contributed by atoms with Gasteiger partial charge in [0.05, 0.1) is 18.1 Å². The highest BCUT2D eigenvalue weighted by atomic mass is 79.9. The van der Waals surface area contributed by atoms with Gasteiger partial charge in [-0.3, -0.25) is 4.79 Å². The maximum atomic E-state index is 12.6. The molecule has 1 aliphatic rings. The molecule has 1 fully saturated rings. The average molecular weight is 421 g/mol. The highest BCUT2D eigenvalue weighted by molar-refractivity contribution is 9.10. The first-order valence-corrected chi connectivity index (χ1v) is 9.78. The zero-order valence-electron chi connectivity index (χ0n) is 13.5. The van der Waals surface area contributed by atoms with E-state index in [1.807, 2.05) is 0 Å². The number of piperazine rings is 1. The van der Waals surface area contributed by atoms with Gasteiger partial charge in [0.15, 0.2) is 0 Å². The molecule has 0 unspecified atom stereocenters. The fourth-order valence-electron chi connectivity index (χ4n) is 2.33. The highest BCUT2D eigenvalue weighted by Crippen LogP contribution is 2.20. The second kappa shape index (κ2) is 8.91. The van der Waals surface area contributed by atoms with Crippen LogP contribution in [0.3, 0.4) is 0 Å². The molecular weight excluding hydrogens is 400 g/mol.